The molecule has 1 amide bonds. The zero-order valence-electron chi connectivity index (χ0n) is 9.40. The molecule has 1 atom stereocenters. The van der Waals surface area contributed by atoms with Crippen LogP contribution in [0.5, 0.6) is 0 Å². The van der Waals surface area contributed by atoms with E-state index in [1.54, 1.807) is 6.92 Å². The Balaban J connectivity index is 1.89. The number of nitrogens with one attached hydrogen (secondary N) is 2. The Bertz CT molecular complexity index is 436. The Kier molecular flexibility index (Phi) is 3.03. The quantitative estimate of drug-likeness (QED) is 0.713. The van der Waals surface area contributed by atoms with E-state index in [4.69, 9.17) is 9.52 Å². The minimum atomic E-state index is -1.13. The van der Waals surface area contributed by atoms with Gasteiger partial charge in [-0.1, -0.05) is 0 Å². The molecule has 0 saturated heterocycles. The van der Waals surface area contributed by atoms with E-state index >= 15 is 0 Å². The van der Waals surface area contributed by atoms with Crippen LogP contribution in [0.3, 0.4) is 0 Å². The summed E-state index contributed by atoms with van der Waals surface area (Å²) < 4.78 is 5.00. The van der Waals surface area contributed by atoms with Gasteiger partial charge in [-0.15, -0.1) is 0 Å². The summed E-state index contributed by atoms with van der Waals surface area (Å²) in [6, 6.07) is 2.68. The Labute approximate surface area is 98.0 Å². The molecule has 0 spiro atoms. The first-order valence-electron chi connectivity index (χ1n) is 5.46. The number of carboxylic acid groups (broad SMARTS) is 1. The normalized spacial score (nSPS) is 16.3. The van der Waals surface area contributed by atoms with Gasteiger partial charge in [0.1, 0.15) is 6.04 Å². The van der Waals surface area contributed by atoms with Crippen LogP contribution in [0.2, 0.25) is 0 Å². The second-order valence-corrected chi connectivity index (χ2v) is 4.12. The van der Waals surface area contributed by atoms with Crippen molar-refractivity contribution in [3.63, 3.8) is 0 Å². The summed E-state index contributed by atoms with van der Waals surface area (Å²) in [6.45, 7) is 1.70. The average Bonchev–Trinajstić information content (AvgIpc) is 2.94. The largest absolute Gasteiger partial charge is 0.475 e. The molecule has 1 heterocycles. The molecule has 0 bridgehead atoms. The summed E-state index contributed by atoms with van der Waals surface area (Å²) in [5.74, 6) is -1.11. The van der Waals surface area contributed by atoms with Gasteiger partial charge in [0.05, 0.1) is 0 Å². The molecule has 3 N–H and O–H groups in total. The fraction of sp³-hybridized carbons (Fsp3) is 0.455. The Morgan fingerprint density at radius 1 is 1.47 bits per heavy atom. The first-order chi connectivity index (χ1) is 8.06. The fourth-order valence-corrected chi connectivity index (χ4v) is 1.36. The lowest BCUT2D eigenvalue weighted by molar-refractivity contribution is -0.121. The lowest BCUT2D eigenvalue weighted by atomic mass is 10.3. The van der Waals surface area contributed by atoms with Gasteiger partial charge in [0.2, 0.25) is 11.7 Å². The van der Waals surface area contributed by atoms with Gasteiger partial charge in [-0.3, -0.25) is 4.79 Å². The van der Waals surface area contributed by atoms with Crippen molar-refractivity contribution in [3.8, 4) is 0 Å². The summed E-state index contributed by atoms with van der Waals surface area (Å²) in [7, 11) is 0. The van der Waals surface area contributed by atoms with Crippen molar-refractivity contribution in [1.29, 1.82) is 0 Å². The molecular formula is C11H14N2O4. The Morgan fingerprint density at radius 3 is 2.71 bits per heavy atom. The van der Waals surface area contributed by atoms with Crippen molar-refractivity contribution < 1.29 is 19.1 Å². The summed E-state index contributed by atoms with van der Waals surface area (Å²) >= 11 is 0. The van der Waals surface area contributed by atoms with E-state index in [0.29, 0.717) is 6.04 Å². The van der Waals surface area contributed by atoms with Gasteiger partial charge < -0.3 is 20.2 Å². The molecule has 1 unspecified atom stereocenters. The molecule has 0 radical (unpaired) electrons. The average molecular weight is 238 g/mol. The fourth-order valence-electron chi connectivity index (χ4n) is 1.36. The van der Waals surface area contributed by atoms with Crippen LogP contribution in [-0.2, 0) is 4.79 Å². The number of rotatable bonds is 5. The number of carbonyl (C=O) groups is 2. The molecule has 1 aliphatic rings. The van der Waals surface area contributed by atoms with Crippen LogP contribution in [-0.4, -0.2) is 29.1 Å². The molecule has 2 rings (SSSR count). The Hall–Kier alpha value is -1.98. The van der Waals surface area contributed by atoms with Gasteiger partial charge in [-0.25, -0.2) is 4.79 Å². The monoisotopic (exact) mass is 238 g/mol. The SMILES string of the molecule is CC(Nc1ccc(C(=O)O)o1)C(=O)NC1CC1. The number of amides is 1. The number of hydrogen-bond acceptors (Lipinski definition) is 4. The number of aromatic carboxylic acids is 1. The third-order valence-corrected chi connectivity index (χ3v) is 2.49. The molecule has 0 aliphatic heterocycles. The number of hydrogen-bond donors (Lipinski definition) is 3. The minimum Gasteiger partial charge on any atom is -0.475 e. The summed E-state index contributed by atoms with van der Waals surface area (Å²) in [6.07, 6.45) is 2.06. The third-order valence-electron chi connectivity index (χ3n) is 2.49. The van der Waals surface area contributed by atoms with E-state index in [-0.39, 0.29) is 17.6 Å². The van der Waals surface area contributed by atoms with E-state index in [1.165, 1.54) is 12.1 Å². The first kappa shape index (κ1) is 11.5. The first-order valence-corrected chi connectivity index (χ1v) is 5.46. The third kappa shape index (κ3) is 2.99. The van der Waals surface area contributed by atoms with E-state index in [9.17, 15) is 9.59 Å². The van der Waals surface area contributed by atoms with E-state index in [2.05, 4.69) is 10.6 Å². The molecule has 92 valence electrons. The van der Waals surface area contributed by atoms with Gasteiger partial charge in [0.25, 0.3) is 0 Å². The lowest BCUT2D eigenvalue weighted by Crippen LogP contribution is -2.38. The van der Waals surface area contributed by atoms with E-state index < -0.39 is 12.0 Å². The zero-order valence-corrected chi connectivity index (χ0v) is 9.40. The van der Waals surface area contributed by atoms with Gasteiger partial charge in [0, 0.05) is 12.1 Å². The standard InChI is InChI=1S/C11H14N2O4/c1-6(10(14)13-7-2-3-7)12-9-5-4-8(17-9)11(15)16/h4-7,12H,2-3H2,1H3,(H,13,14)(H,15,16). The van der Waals surface area contributed by atoms with Crippen LogP contribution in [0, 0.1) is 0 Å². The smallest absolute Gasteiger partial charge is 0.371 e. The second-order valence-electron chi connectivity index (χ2n) is 4.12. The number of anilines is 1. The van der Waals surface area contributed by atoms with E-state index in [0.717, 1.165) is 12.8 Å². The number of carbonyl (C=O) groups excluding carboxylic acids is 1. The summed E-state index contributed by atoms with van der Waals surface area (Å²) in [4.78, 5) is 22.2. The number of carboxylic acids is 1. The maximum absolute atomic E-state index is 11.6. The van der Waals surface area contributed by atoms with Gasteiger partial charge >= 0.3 is 5.97 Å². The van der Waals surface area contributed by atoms with Gasteiger partial charge in [-0.2, -0.15) is 0 Å². The van der Waals surface area contributed by atoms with Crippen LogP contribution in [0.4, 0.5) is 5.88 Å². The predicted molar refractivity (Wildman–Crippen MR) is 59.9 cm³/mol. The highest BCUT2D eigenvalue weighted by molar-refractivity contribution is 5.86. The van der Waals surface area contributed by atoms with Crippen LogP contribution in [0.25, 0.3) is 0 Å². The van der Waals surface area contributed by atoms with Gasteiger partial charge in [0.15, 0.2) is 5.88 Å². The predicted octanol–water partition coefficient (Wildman–Crippen LogP) is 1.06. The number of furan rings is 1. The highest BCUT2D eigenvalue weighted by Gasteiger charge is 2.25. The molecule has 1 aromatic rings. The van der Waals surface area contributed by atoms with Crippen molar-refractivity contribution >= 4 is 17.8 Å². The van der Waals surface area contributed by atoms with Crippen LogP contribution >= 0.6 is 0 Å². The molecule has 1 aliphatic carbocycles. The summed E-state index contributed by atoms with van der Waals surface area (Å²) in [5.41, 5.74) is 0. The highest BCUT2D eigenvalue weighted by atomic mass is 16.4. The lowest BCUT2D eigenvalue weighted by Gasteiger charge is -2.12. The van der Waals surface area contributed by atoms with Crippen LogP contribution in [0.15, 0.2) is 16.5 Å². The summed E-state index contributed by atoms with van der Waals surface area (Å²) in [5, 5.41) is 14.3. The molecule has 1 saturated carbocycles. The highest BCUT2D eigenvalue weighted by Crippen LogP contribution is 2.19. The van der Waals surface area contributed by atoms with E-state index in [1.807, 2.05) is 0 Å². The van der Waals surface area contributed by atoms with Crippen molar-refractivity contribution in [1.82, 2.24) is 5.32 Å². The molecule has 0 aromatic carbocycles. The molecule has 6 nitrogen and oxygen atoms in total. The molecule has 17 heavy (non-hydrogen) atoms. The molecule has 1 aromatic heterocycles. The van der Waals surface area contributed by atoms with Crippen molar-refractivity contribution in [3.05, 3.63) is 17.9 Å². The Morgan fingerprint density at radius 2 is 2.18 bits per heavy atom. The topological polar surface area (TPSA) is 91.6 Å². The van der Waals surface area contributed by atoms with Gasteiger partial charge in [-0.05, 0) is 25.8 Å². The van der Waals surface area contributed by atoms with Crippen molar-refractivity contribution in [2.24, 2.45) is 0 Å². The molecule has 1 fully saturated rings. The van der Waals surface area contributed by atoms with Crippen molar-refractivity contribution in [2.45, 2.75) is 31.8 Å². The maximum atomic E-state index is 11.6. The van der Waals surface area contributed by atoms with Crippen LogP contribution < -0.4 is 10.6 Å². The van der Waals surface area contributed by atoms with Crippen LogP contribution in [0.1, 0.15) is 30.3 Å². The second kappa shape index (κ2) is 4.48. The van der Waals surface area contributed by atoms with Crippen molar-refractivity contribution in [2.75, 3.05) is 5.32 Å². The molecule has 6 heteroatoms. The maximum Gasteiger partial charge on any atom is 0.371 e. The zero-order chi connectivity index (χ0) is 12.4. The molecular weight excluding hydrogens is 224 g/mol. The minimum absolute atomic E-state index is 0.110.